The van der Waals surface area contributed by atoms with E-state index in [0.29, 0.717) is 25.0 Å². The molecule has 1 atom stereocenters. The number of thiol groups is 2. The molecule has 0 aromatic heterocycles. The minimum absolute atomic E-state index is 0.0593. The summed E-state index contributed by atoms with van der Waals surface area (Å²) >= 11 is 7.71. The van der Waals surface area contributed by atoms with Crippen LogP contribution in [0.4, 0.5) is 0 Å². The lowest BCUT2D eigenvalue weighted by molar-refractivity contribution is -0.174. The van der Waals surface area contributed by atoms with Crippen molar-refractivity contribution >= 4 is 37.2 Å². The summed E-state index contributed by atoms with van der Waals surface area (Å²) in [7, 11) is 0. The summed E-state index contributed by atoms with van der Waals surface area (Å²) < 4.78 is 15.6. The molecule has 1 aliphatic rings. The average Bonchev–Trinajstić information content (AvgIpc) is 2.51. The minimum atomic E-state index is -0.529. The van der Waals surface area contributed by atoms with Crippen molar-refractivity contribution in [2.24, 2.45) is 11.8 Å². The van der Waals surface area contributed by atoms with Gasteiger partial charge >= 0.3 is 11.9 Å². The topological polar surface area (TPSA) is 61.8 Å². The van der Waals surface area contributed by atoms with Crippen LogP contribution >= 0.6 is 25.3 Å². The van der Waals surface area contributed by atoms with E-state index in [-0.39, 0.29) is 23.4 Å². The van der Waals surface area contributed by atoms with Crippen molar-refractivity contribution in [3.63, 3.8) is 0 Å². The van der Waals surface area contributed by atoms with Crippen LogP contribution in [0, 0.1) is 11.8 Å². The zero-order valence-corrected chi connectivity index (χ0v) is 14.1. The maximum Gasteiger partial charge on any atom is 0.317 e. The second kappa shape index (κ2) is 10.3. The summed E-state index contributed by atoms with van der Waals surface area (Å²) in [6.07, 6.45) is 3.60. The molecule has 21 heavy (non-hydrogen) atoms. The molecular formula is C14H24O5S2. The average molecular weight is 336 g/mol. The van der Waals surface area contributed by atoms with Crippen molar-refractivity contribution in [3.8, 4) is 0 Å². The predicted octanol–water partition coefficient (Wildman–Crippen LogP) is 2.10. The number of carbonyl (C=O) groups excluding carboxylic acids is 2. The highest BCUT2D eigenvalue weighted by atomic mass is 32.1. The highest BCUT2D eigenvalue weighted by molar-refractivity contribution is 7.81. The Kier molecular flexibility index (Phi) is 9.19. The summed E-state index contributed by atoms with van der Waals surface area (Å²) in [5.74, 6) is 0.461. The first kappa shape index (κ1) is 18.6. The molecule has 1 aliphatic carbocycles. The lowest BCUT2D eigenvalue weighted by atomic mass is 9.83. The Balaban J connectivity index is 2.13. The molecule has 0 spiro atoms. The molecule has 122 valence electrons. The zero-order valence-electron chi connectivity index (χ0n) is 12.3. The molecule has 0 aliphatic heterocycles. The van der Waals surface area contributed by atoms with E-state index in [1.807, 2.05) is 0 Å². The van der Waals surface area contributed by atoms with Gasteiger partial charge in [0.05, 0.1) is 24.7 Å². The molecule has 0 aromatic carbocycles. The summed E-state index contributed by atoms with van der Waals surface area (Å²) in [4.78, 5) is 22.1. The van der Waals surface area contributed by atoms with Crippen LogP contribution in [-0.4, -0.2) is 42.9 Å². The Morgan fingerprint density at radius 3 is 2.05 bits per heavy atom. The van der Waals surface area contributed by atoms with Crippen LogP contribution in [0.1, 0.15) is 32.6 Å². The van der Waals surface area contributed by atoms with Crippen molar-refractivity contribution in [3.05, 3.63) is 0 Å². The van der Waals surface area contributed by atoms with Gasteiger partial charge in [-0.25, -0.2) is 0 Å². The quantitative estimate of drug-likeness (QED) is 0.404. The first-order valence-electron chi connectivity index (χ1n) is 7.23. The van der Waals surface area contributed by atoms with Gasteiger partial charge in [0, 0.05) is 0 Å². The fourth-order valence-corrected chi connectivity index (χ4v) is 2.52. The standard InChI is InChI=1S/C14H24O5S2/c1-10(19-14(16)9-21)17-6-11-2-4-12(5-3-11)7-18-13(15)8-20/h10-12,20-21H,2-9H2,1H3. The molecular weight excluding hydrogens is 312 g/mol. The third-order valence-corrected chi connectivity index (χ3v) is 4.08. The molecule has 1 rings (SSSR count). The fraction of sp³-hybridized carbons (Fsp3) is 0.857. The Bertz CT molecular complexity index is 329. The maximum atomic E-state index is 11.0. The van der Waals surface area contributed by atoms with E-state index in [1.54, 1.807) is 6.92 Å². The number of hydrogen-bond acceptors (Lipinski definition) is 7. The van der Waals surface area contributed by atoms with E-state index in [4.69, 9.17) is 14.2 Å². The van der Waals surface area contributed by atoms with Gasteiger partial charge in [-0.15, -0.1) is 0 Å². The Morgan fingerprint density at radius 1 is 1.00 bits per heavy atom. The number of hydrogen-bond donors (Lipinski definition) is 2. The molecule has 5 nitrogen and oxygen atoms in total. The van der Waals surface area contributed by atoms with Crippen molar-refractivity contribution in [1.82, 2.24) is 0 Å². The SMILES string of the molecule is CC(OCC1CCC(COC(=O)CS)CC1)OC(=O)CS. The summed E-state index contributed by atoms with van der Waals surface area (Å²) in [5.41, 5.74) is 0. The van der Waals surface area contributed by atoms with E-state index in [9.17, 15) is 9.59 Å². The molecule has 1 fully saturated rings. The minimum Gasteiger partial charge on any atom is -0.465 e. The lowest BCUT2D eigenvalue weighted by Gasteiger charge is -2.28. The van der Waals surface area contributed by atoms with Gasteiger partial charge in [-0.1, -0.05) is 0 Å². The smallest absolute Gasteiger partial charge is 0.317 e. The molecule has 0 saturated heterocycles. The Hall–Kier alpha value is -0.400. The van der Waals surface area contributed by atoms with Crippen molar-refractivity contribution in [2.45, 2.75) is 38.9 Å². The molecule has 1 saturated carbocycles. The van der Waals surface area contributed by atoms with Gasteiger partial charge in [-0.2, -0.15) is 25.3 Å². The Morgan fingerprint density at radius 2 is 1.52 bits per heavy atom. The van der Waals surface area contributed by atoms with Crippen LogP contribution in [0.15, 0.2) is 0 Å². The van der Waals surface area contributed by atoms with E-state index in [1.165, 1.54) is 0 Å². The van der Waals surface area contributed by atoms with Crippen LogP contribution < -0.4 is 0 Å². The van der Waals surface area contributed by atoms with E-state index in [2.05, 4.69) is 25.3 Å². The van der Waals surface area contributed by atoms with Crippen LogP contribution in [0.5, 0.6) is 0 Å². The second-order valence-corrected chi connectivity index (χ2v) is 5.91. The van der Waals surface area contributed by atoms with Gasteiger partial charge in [0.2, 0.25) is 0 Å². The van der Waals surface area contributed by atoms with Crippen molar-refractivity contribution in [2.75, 3.05) is 24.7 Å². The van der Waals surface area contributed by atoms with Gasteiger partial charge in [-0.05, 0) is 44.4 Å². The molecule has 0 radical (unpaired) electrons. The van der Waals surface area contributed by atoms with Gasteiger partial charge in [0.1, 0.15) is 0 Å². The number of esters is 2. The monoisotopic (exact) mass is 336 g/mol. The summed E-state index contributed by atoms with van der Waals surface area (Å²) in [5, 5.41) is 0. The van der Waals surface area contributed by atoms with Crippen LogP contribution in [0.2, 0.25) is 0 Å². The number of rotatable bonds is 8. The first-order valence-corrected chi connectivity index (χ1v) is 8.50. The predicted molar refractivity (Wildman–Crippen MR) is 85.6 cm³/mol. The van der Waals surface area contributed by atoms with E-state index in [0.717, 1.165) is 25.7 Å². The zero-order chi connectivity index (χ0) is 15.7. The lowest BCUT2D eigenvalue weighted by Crippen LogP contribution is -2.26. The van der Waals surface area contributed by atoms with E-state index < -0.39 is 6.29 Å². The molecule has 0 N–H and O–H groups in total. The number of ether oxygens (including phenoxy) is 3. The van der Waals surface area contributed by atoms with Crippen molar-refractivity contribution in [1.29, 1.82) is 0 Å². The van der Waals surface area contributed by atoms with Crippen LogP contribution in [0.25, 0.3) is 0 Å². The molecule has 0 amide bonds. The van der Waals surface area contributed by atoms with Gasteiger partial charge in [0.25, 0.3) is 0 Å². The van der Waals surface area contributed by atoms with E-state index >= 15 is 0 Å². The molecule has 0 heterocycles. The van der Waals surface area contributed by atoms with Crippen molar-refractivity contribution < 1.29 is 23.8 Å². The van der Waals surface area contributed by atoms with Gasteiger partial charge in [0.15, 0.2) is 6.29 Å². The highest BCUT2D eigenvalue weighted by Gasteiger charge is 2.23. The van der Waals surface area contributed by atoms with Crippen LogP contribution in [-0.2, 0) is 23.8 Å². The summed E-state index contributed by atoms with van der Waals surface area (Å²) in [6, 6.07) is 0. The number of carbonyl (C=O) groups is 2. The molecule has 7 heteroatoms. The molecule has 0 bridgehead atoms. The highest BCUT2D eigenvalue weighted by Crippen LogP contribution is 2.29. The third-order valence-electron chi connectivity index (χ3n) is 3.57. The second-order valence-electron chi connectivity index (χ2n) is 5.28. The summed E-state index contributed by atoms with van der Waals surface area (Å²) in [6.45, 7) is 2.79. The first-order chi connectivity index (χ1) is 10.0. The Labute approximate surface area is 136 Å². The normalized spacial score (nSPS) is 23.4. The maximum absolute atomic E-state index is 11.0. The molecule has 0 aromatic rings. The van der Waals surface area contributed by atoms with Crippen LogP contribution in [0.3, 0.4) is 0 Å². The van der Waals surface area contributed by atoms with Gasteiger partial charge in [-0.3, -0.25) is 9.59 Å². The van der Waals surface area contributed by atoms with Gasteiger partial charge < -0.3 is 14.2 Å². The fourth-order valence-electron chi connectivity index (χ4n) is 2.35. The third kappa shape index (κ3) is 7.97. The molecule has 1 unspecified atom stereocenters. The largest absolute Gasteiger partial charge is 0.465 e.